The Bertz CT molecular complexity index is 1550. The van der Waals surface area contributed by atoms with Crippen LogP contribution in [0.1, 0.15) is 17.3 Å². The zero-order chi connectivity index (χ0) is 26.6. The lowest BCUT2D eigenvalue weighted by molar-refractivity contribution is -0.134. The monoisotopic (exact) mass is 528 g/mol. The lowest BCUT2D eigenvalue weighted by Crippen LogP contribution is -2.44. The number of anilines is 2. The third-order valence-electron chi connectivity index (χ3n) is 6.34. The zero-order valence-corrected chi connectivity index (χ0v) is 22.0. The molecule has 0 bridgehead atoms. The maximum absolute atomic E-state index is 13.2. The summed E-state index contributed by atoms with van der Waals surface area (Å²) in [6.45, 7) is 5.05. The van der Waals surface area contributed by atoms with E-state index in [4.69, 9.17) is 9.90 Å². The van der Waals surface area contributed by atoms with E-state index in [1.807, 2.05) is 36.4 Å². The molecule has 5 aromatic rings. The first-order valence-corrected chi connectivity index (χ1v) is 13.1. The number of carboxylic acids is 1. The third kappa shape index (κ3) is 5.66. The van der Waals surface area contributed by atoms with E-state index >= 15 is 0 Å². The van der Waals surface area contributed by atoms with E-state index in [1.165, 1.54) is 10.1 Å². The first-order chi connectivity index (χ1) is 18.4. The first kappa shape index (κ1) is 25.4. The molecule has 1 aliphatic heterocycles. The van der Waals surface area contributed by atoms with E-state index in [0.717, 1.165) is 60.3 Å². The fourth-order valence-electron chi connectivity index (χ4n) is 4.38. The van der Waals surface area contributed by atoms with Crippen molar-refractivity contribution in [1.82, 2.24) is 20.1 Å². The van der Waals surface area contributed by atoms with Crippen LogP contribution < -0.4 is 10.2 Å². The summed E-state index contributed by atoms with van der Waals surface area (Å²) < 4.78 is 1.21. The number of thiophene rings is 1. The molecule has 0 spiro atoms. The Kier molecular flexibility index (Phi) is 7.34. The molecule has 4 heterocycles. The molecule has 1 amide bonds. The Morgan fingerprint density at radius 1 is 1.00 bits per heavy atom. The fourth-order valence-corrected chi connectivity index (χ4v) is 5.47. The van der Waals surface area contributed by atoms with Crippen molar-refractivity contribution < 1.29 is 14.7 Å². The van der Waals surface area contributed by atoms with Crippen LogP contribution >= 0.6 is 11.3 Å². The van der Waals surface area contributed by atoms with E-state index in [1.54, 1.807) is 23.7 Å². The van der Waals surface area contributed by atoms with Crippen LogP contribution in [0.3, 0.4) is 0 Å². The standard InChI is InChI=1S/C26H24N6OS.C2H4O2/c1-31-8-10-32(11-9-31)24-7-6-20(16-27-24)29-26(33)18-12-19-15-28-30-25(19)21(13-18)23-14-17-4-2-3-5-22(17)34-23;1-2(3)4/h2-7,12-16H,8-11H2,1H3,(H,28,30)(H,29,33);1H3,(H,3,4). The molecule has 38 heavy (non-hydrogen) atoms. The van der Waals surface area contributed by atoms with Gasteiger partial charge in [-0.2, -0.15) is 5.10 Å². The van der Waals surface area contributed by atoms with Gasteiger partial charge in [0.05, 0.1) is 23.6 Å². The molecule has 3 aromatic heterocycles. The van der Waals surface area contributed by atoms with Gasteiger partial charge in [0.2, 0.25) is 0 Å². The number of H-pyrrole nitrogens is 1. The van der Waals surface area contributed by atoms with Crippen molar-refractivity contribution in [2.45, 2.75) is 6.92 Å². The minimum Gasteiger partial charge on any atom is -0.481 e. The molecule has 3 N–H and O–H groups in total. The number of fused-ring (bicyclic) bond motifs is 2. The zero-order valence-electron chi connectivity index (χ0n) is 21.1. The van der Waals surface area contributed by atoms with Gasteiger partial charge in [-0.05, 0) is 48.8 Å². The SMILES string of the molecule is CC(=O)O.CN1CCN(c2ccc(NC(=O)c3cc(-c4cc5ccccc5s4)c4[nH]ncc4c3)cn2)CC1. The van der Waals surface area contributed by atoms with Gasteiger partial charge in [0, 0.05) is 59.2 Å². The number of hydrogen-bond acceptors (Lipinski definition) is 7. The molecule has 2 aromatic carbocycles. The normalized spacial score (nSPS) is 13.8. The van der Waals surface area contributed by atoms with Crippen LogP contribution in [0.25, 0.3) is 31.4 Å². The van der Waals surface area contributed by atoms with Crippen LogP contribution in [0.5, 0.6) is 0 Å². The number of hydrogen-bond donors (Lipinski definition) is 3. The average molecular weight is 529 g/mol. The van der Waals surface area contributed by atoms with Crippen molar-refractivity contribution in [1.29, 1.82) is 0 Å². The topological polar surface area (TPSA) is 114 Å². The summed E-state index contributed by atoms with van der Waals surface area (Å²) in [6, 6.07) is 18.2. The number of likely N-dealkylation sites (N-methyl/N-ethyl adjacent to an activating group) is 1. The number of pyridine rings is 1. The number of carbonyl (C=O) groups is 2. The van der Waals surface area contributed by atoms with Gasteiger partial charge in [-0.15, -0.1) is 11.3 Å². The highest BCUT2D eigenvalue weighted by atomic mass is 32.1. The molecule has 0 radical (unpaired) electrons. The summed E-state index contributed by atoms with van der Waals surface area (Å²) in [5, 5.41) is 19.8. The number of nitrogens with one attached hydrogen (secondary N) is 2. The fraction of sp³-hybridized carbons (Fsp3) is 0.214. The van der Waals surface area contributed by atoms with Crippen LogP contribution in [0.4, 0.5) is 11.5 Å². The van der Waals surface area contributed by atoms with Gasteiger partial charge < -0.3 is 20.2 Å². The predicted octanol–water partition coefficient (Wildman–Crippen LogP) is 4.93. The lowest BCUT2D eigenvalue weighted by atomic mass is 10.0. The van der Waals surface area contributed by atoms with Crippen LogP contribution in [0.15, 0.2) is 67.0 Å². The Balaban J connectivity index is 0.000000689. The molecular formula is C28H28N6O3S. The minimum absolute atomic E-state index is 0.167. The molecule has 10 heteroatoms. The minimum atomic E-state index is -0.833. The molecule has 0 unspecified atom stereocenters. The van der Waals surface area contributed by atoms with Gasteiger partial charge >= 0.3 is 0 Å². The number of aliphatic carboxylic acids is 1. The van der Waals surface area contributed by atoms with Crippen molar-refractivity contribution in [2.24, 2.45) is 0 Å². The van der Waals surface area contributed by atoms with Gasteiger partial charge in [0.1, 0.15) is 5.82 Å². The van der Waals surface area contributed by atoms with E-state index in [2.05, 4.69) is 55.5 Å². The largest absolute Gasteiger partial charge is 0.481 e. The molecule has 1 aliphatic rings. The molecule has 9 nitrogen and oxygen atoms in total. The highest BCUT2D eigenvalue weighted by Gasteiger charge is 2.17. The summed E-state index contributed by atoms with van der Waals surface area (Å²) in [6.07, 6.45) is 3.49. The van der Waals surface area contributed by atoms with Crippen molar-refractivity contribution >= 4 is 55.7 Å². The Labute approximate surface area is 223 Å². The average Bonchev–Trinajstić information content (AvgIpc) is 3.56. The molecule has 0 aliphatic carbocycles. The molecule has 6 rings (SSSR count). The van der Waals surface area contributed by atoms with Gasteiger partial charge in [-0.3, -0.25) is 14.7 Å². The number of nitrogens with zero attached hydrogens (tertiary/aromatic N) is 4. The molecule has 0 atom stereocenters. The van der Waals surface area contributed by atoms with Crippen molar-refractivity contribution in [3.05, 3.63) is 72.6 Å². The van der Waals surface area contributed by atoms with Crippen molar-refractivity contribution in [3.8, 4) is 10.4 Å². The summed E-state index contributed by atoms with van der Waals surface area (Å²) >= 11 is 1.71. The maximum Gasteiger partial charge on any atom is 0.300 e. The van der Waals surface area contributed by atoms with E-state index < -0.39 is 5.97 Å². The Morgan fingerprint density at radius 2 is 1.76 bits per heavy atom. The second-order valence-corrected chi connectivity index (χ2v) is 10.3. The van der Waals surface area contributed by atoms with Crippen molar-refractivity contribution in [3.63, 3.8) is 0 Å². The number of aromatic nitrogens is 3. The number of rotatable bonds is 4. The number of carbonyl (C=O) groups excluding carboxylic acids is 1. The number of aromatic amines is 1. The molecule has 194 valence electrons. The van der Waals surface area contributed by atoms with E-state index in [-0.39, 0.29) is 5.91 Å². The van der Waals surface area contributed by atoms with Gasteiger partial charge in [0.25, 0.3) is 11.9 Å². The van der Waals surface area contributed by atoms with Crippen LogP contribution in [-0.2, 0) is 4.79 Å². The quantitative estimate of drug-likeness (QED) is 0.303. The number of piperazine rings is 1. The number of carboxylic acid groups (broad SMARTS) is 1. The second-order valence-electron chi connectivity index (χ2n) is 9.18. The number of amides is 1. The summed E-state index contributed by atoms with van der Waals surface area (Å²) in [5.41, 5.74) is 3.18. The molecular weight excluding hydrogens is 500 g/mol. The van der Waals surface area contributed by atoms with Gasteiger partial charge in [-0.25, -0.2) is 4.98 Å². The molecule has 1 saturated heterocycles. The van der Waals surface area contributed by atoms with Crippen LogP contribution in [0, 0.1) is 0 Å². The Hall–Kier alpha value is -4.28. The van der Waals surface area contributed by atoms with Crippen LogP contribution in [-0.4, -0.2) is 70.3 Å². The predicted molar refractivity (Wildman–Crippen MR) is 152 cm³/mol. The van der Waals surface area contributed by atoms with Gasteiger partial charge in [-0.1, -0.05) is 18.2 Å². The van der Waals surface area contributed by atoms with Crippen LogP contribution in [0.2, 0.25) is 0 Å². The first-order valence-electron chi connectivity index (χ1n) is 12.2. The Morgan fingerprint density at radius 3 is 2.47 bits per heavy atom. The lowest BCUT2D eigenvalue weighted by Gasteiger charge is -2.33. The second kappa shape index (κ2) is 11.0. The van der Waals surface area contributed by atoms with Crippen molar-refractivity contribution in [2.75, 3.05) is 43.4 Å². The summed E-state index contributed by atoms with van der Waals surface area (Å²) in [5.74, 6) is -0.0578. The summed E-state index contributed by atoms with van der Waals surface area (Å²) in [4.78, 5) is 32.4. The highest BCUT2D eigenvalue weighted by Crippen LogP contribution is 2.37. The summed E-state index contributed by atoms with van der Waals surface area (Å²) in [7, 11) is 2.14. The molecule has 0 saturated carbocycles. The number of benzene rings is 2. The van der Waals surface area contributed by atoms with Gasteiger partial charge in [0.15, 0.2) is 0 Å². The van der Waals surface area contributed by atoms with E-state index in [0.29, 0.717) is 11.3 Å². The third-order valence-corrected chi connectivity index (χ3v) is 7.48. The maximum atomic E-state index is 13.2. The van der Waals surface area contributed by atoms with E-state index in [9.17, 15) is 4.79 Å². The highest BCUT2D eigenvalue weighted by molar-refractivity contribution is 7.22. The molecule has 1 fully saturated rings. The smallest absolute Gasteiger partial charge is 0.300 e.